The van der Waals surface area contributed by atoms with Crippen molar-refractivity contribution in [2.24, 2.45) is 0 Å². The van der Waals surface area contributed by atoms with Crippen molar-refractivity contribution in [1.82, 2.24) is 0 Å². The zero-order valence-electron chi connectivity index (χ0n) is 9.41. The van der Waals surface area contributed by atoms with Crippen LogP contribution in [0.4, 0.5) is 0 Å². The van der Waals surface area contributed by atoms with Gasteiger partial charge in [-0.3, -0.25) is 0 Å². The van der Waals surface area contributed by atoms with Crippen molar-refractivity contribution in [3.8, 4) is 11.8 Å². The van der Waals surface area contributed by atoms with Gasteiger partial charge in [0.25, 0.3) is 0 Å². The Kier molecular flexibility index (Phi) is 10.4. The molecular weight excluding hydrogens is 192 g/mol. The molecular formula is C13H21Cl. The summed E-state index contributed by atoms with van der Waals surface area (Å²) >= 11 is 5.99. The van der Waals surface area contributed by atoms with E-state index in [0.717, 1.165) is 17.9 Å². The van der Waals surface area contributed by atoms with Gasteiger partial charge >= 0.3 is 0 Å². The molecule has 1 heteroatoms. The molecule has 0 amide bonds. The third-order valence-electron chi connectivity index (χ3n) is 2.01. The second-order valence-corrected chi connectivity index (χ2v) is 3.96. The van der Waals surface area contributed by atoms with Gasteiger partial charge in [0.15, 0.2) is 0 Å². The molecule has 0 aromatic heterocycles. The van der Waals surface area contributed by atoms with Crippen LogP contribution >= 0.6 is 11.6 Å². The van der Waals surface area contributed by atoms with Crippen molar-refractivity contribution in [1.29, 1.82) is 0 Å². The molecule has 0 rings (SSSR count). The number of hydrogen-bond acceptors (Lipinski definition) is 0. The predicted octanol–water partition coefficient (Wildman–Crippen LogP) is 4.88. The van der Waals surface area contributed by atoms with Gasteiger partial charge in [0.1, 0.15) is 0 Å². The van der Waals surface area contributed by atoms with E-state index in [4.69, 9.17) is 11.6 Å². The van der Waals surface area contributed by atoms with E-state index >= 15 is 0 Å². The molecule has 0 aliphatic rings. The van der Waals surface area contributed by atoms with Crippen molar-refractivity contribution >= 4 is 11.6 Å². The highest BCUT2D eigenvalue weighted by Crippen LogP contribution is 2.11. The molecule has 0 radical (unpaired) electrons. The van der Waals surface area contributed by atoms with E-state index < -0.39 is 0 Å². The van der Waals surface area contributed by atoms with Gasteiger partial charge in [0.2, 0.25) is 0 Å². The van der Waals surface area contributed by atoms with Gasteiger partial charge in [-0.15, -0.1) is 0 Å². The normalized spacial score (nSPS) is 10.9. The third-order valence-corrected chi connectivity index (χ3v) is 2.30. The molecule has 80 valence electrons. The Morgan fingerprint density at radius 2 is 1.86 bits per heavy atom. The lowest BCUT2D eigenvalue weighted by Crippen LogP contribution is -1.75. The van der Waals surface area contributed by atoms with Crippen molar-refractivity contribution in [2.45, 2.75) is 58.8 Å². The molecule has 0 bridgehead atoms. The summed E-state index contributed by atoms with van der Waals surface area (Å²) < 4.78 is 0. The van der Waals surface area contributed by atoms with Gasteiger partial charge in [0, 0.05) is 17.5 Å². The van der Waals surface area contributed by atoms with Crippen LogP contribution in [-0.4, -0.2) is 0 Å². The van der Waals surface area contributed by atoms with Crippen LogP contribution in [0.3, 0.4) is 0 Å². The van der Waals surface area contributed by atoms with Gasteiger partial charge in [0.05, 0.1) is 0 Å². The minimum absolute atomic E-state index is 0.905. The summed E-state index contributed by atoms with van der Waals surface area (Å²) in [6.07, 6.45) is 9.91. The molecule has 0 nitrogen and oxygen atoms in total. The number of unbranched alkanes of at least 4 members (excludes halogenated alkanes) is 4. The molecule has 0 saturated carbocycles. The van der Waals surface area contributed by atoms with E-state index in [2.05, 4.69) is 25.7 Å². The van der Waals surface area contributed by atoms with Crippen LogP contribution in [0.2, 0.25) is 0 Å². The summed E-state index contributed by atoms with van der Waals surface area (Å²) in [4.78, 5) is 0. The van der Waals surface area contributed by atoms with Crippen LogP contribution < -0.4 is 0 Å². The smallest absolute Gasteiger partial charge is 0.0264 e. The molecule has 0 atom stereocenters. The highest BCUT2D eigenvalue weighted by atomic mass is 35.5. The first-order valence-electron chi connectivity index (χ1n) is 5.64. The standard InChI is InChI=1S/C13H21Cl/c1-3-5-7-8-10-12-13(14)11-9-6-4-2/h12H,3-7,9,11H2,1-2H3/b13-12+. The maximum atomic E-state index is 5.99. The van der Waals surface area contributed by atoms with E-state index in [9.17, 15) is 0 Å². The Morgan fingerprint density at radius 3 is 2.50 bits per heavy atom. The fourth-order valence-electron chi connectivity index (χ4n) is 1.08. The van der Waals surface area contributed by atoms with E-state index in [-0.39, 0.29) is 0 Å². The monoisotopic (exact) mass is 212 g/mol. The Bertz CT molecular complexity index is 205. The SMILES string of the molecule is CCCCC#C/C=C(/Cl)CCCCC. The number of hydrogen-bond donors (Lipinski definition) is 0. The summed E-state index contributed by atoms with van der Waals surface area (Å²) in [7, 11) is 0. The van der Waals surface area contributed by atoms with Crippen LogP contribution in [0, 0.1) is 11.8 Å². The number of halogens is 1. The van der Waals surface area contributed by atoms with Gasteiger partial charge in [-0.05, 0) is 19.3 Å². The first kappa shape index (κ1) is 13.6. The molecule has 0 fully saturated rings. The maximum absolute atomic E-state index is 5.99. The van der Waals surface area contributed by atoms with Crippen molar-refractivity contribution in [3.05, 3.63) is 11.1 Å². The first-order chi connectivity index (χ1) is 6.81. The minimum Gasteiger partial charge on any atom is -0.0985 e. The molecule has 0 aromatic carbocycles. The van der Waals surface area contributed by atoms with Gasteiger partial charge in [-0.25, -0.2) is 0 Å². The fourth-order valence-corrected chi connectivity index (χ4v) is 1.27. The molecule has 0 N–H and O–H groups in total. The van der Waals surface area contributed by atoms with Crippen molar-refractivity contribution < 1.29 is 0 Å². The topological polar surface area (TPSA) is 0 Å². The average Bonchev–Trinajstić information content (AvgIpc) is 2.18. The molecule has 0 heterocycles. The molecule has 14 heavy (non-hydrogen) atoms. The van der Waals surface area contributed by atoms with E-state index in [1.165, 1.54) is 32.1 Å². The van der Waals surface area contributed by atoms with Gasteiger partial charge < -0.3 is 0 Å². The highest BCUT2D eigenvalue weighted by molar-refractivity contribution is 6.29. The summed E-state index contributed by atoms with van der Waals surface area (Å²) in [5.41, 5.74) is 0. The van der Waals surface area contributed by atoms with Crippen molar-refractivity contribution in [3.63, 3.8) is 0 Å². The second kappa shape index (κ2) is 10.7. The molecule has 0 aromatic rings. The van der Waals surface area contributed by atoms with Gasteiger partial charge in [-0.2, -0.15) is 0 Å². The fraction of sp³-hybridized carbons (Fsp3) is 0.692. The average molecular weight is 213 g/mol. The van der Waals surface area contributed by atoms with Crippen LogP contribution in [0.15, 0.2) is 11.1 Å². The predicted molar refractivity (Wildman–Crippen MR) is 65.4 cm³/mol. The molecule has 0 spiro atoms. The lowest BCUT2D eigenvalue weighted by molar-refractivity contribution is 0.725. The quantitative estimate of drug-likeness (QED) is 0.435. The molecule has 0 aliphatic heterocycles. The Hall–Kier alpha value is -0.410. The lowest BCUT2D eigenvalue weighted by atomic mass is 10.2. The Morgan fingerprint density at radius 1 is 1.14 bits per heavy atom. The number of allylic oxidation sites excluding steroid dienone is 2. The second-order valence-electron chi connectivity index (χ2n) is 3.47. The van der Waals surface area contributed by atoms with Crippen LogP contribution in [-0.2, 0) is 0 Å². The van der Waals surface area contributed by atoms with Crippen molar-refractivity contribution in [2.75, 3.05) is 0 Å². The van der Waals surface area contributed by atoms with E-state index in [0.29, 0.717) is 0 Å². The largest absolute Gasteiger partial charge is 0.0985 e. The first-order valence-corrected chi connectivity index (χ1v) is 6.02. The zero-order valence-corrected chi connectivity index (χ0v) is 10.2. The zero-order chi connectivity index (χ0) is 10.6. The van der Waals surface area contributed by atoms with E-state index in [1.807, 2.05) is 6.08 Å². The third kappa shape index (κ3) is 9.68. The highest BCUT2D eigenvalue weighted by Gasteiger charge is 1.90. The van der Waals surface area contributed by atoms with Crippen LogP contribution in [0.5, 0.6) is 0 Å². The molecule has 0 unspecified atom stereocenters. The summed E-state index contributed by atoms with van der Waals surface area (Å²) in [5.74, 6) is 6.10. The van der Waals surface area contributed by atoms with Gasteiger partial charge in [-0.1, -0.05) is 56.6 Å². The lowest BCUT2D eigenvalue weighted by Gasteiger charge is -1.94. The van der Waals surface area contributed by atoms with Crippen LogP contribution in [0.25, 0.3) is 0 Å². The summed E-state index contributed by atoms with van der Waals surface area (Å²) in [6.45, 7) is 4.37. The minimum atomic E-state index is 0.905. The molecule has 0 aliphatic carbocycles. The number of rotatable bonds is 6. The Labute approximate surface area is 93.7 Å². The molecule has 0 saturated heterocycles. The summed E-state index contributed by atoms with van der Waals surface area (Å²) in [5, 5.41) is 0.905. The van der Waals surface area contributed by atoms with E-state index in [1.54, 1.807) is 0 Å². The summed E-state index contributed by atoms with van der Waals surface area (Å²) in [6, 6.07) is 0. The Balaban J connectivity index is 3.57. The maximum Gasteiger partial charge on any atom is 0.0264 e. The van der Waals surface area contributed by atoms with Crippen LogP contribution in [0.1, 0.15) is 58.8 Å².